The highest BCUT2D eigenvalue weighted by molar-refractivity contribution is 6.08. The number of aromatic nitrogens is 2. The molecule has 0 bridgehead atoms. The highest BCUT2D eigenvalue weighted by Crippen LogP contribution is 2.45. The lowest BCUT2D eigenvalue weighted by Crippen LogP contribution is -2.63. The molecule has 12 heteroatoms. The van der Waals surface area contributed by atoms with Crippen LogP contribution in [0, 0.1) is 11.7 Å². The normalized spacial score (nSPS) is 21.2. The molecule has 170 valence electrons. The summed E-state index contributed by atoms with van der Waals surface area (Å²) in [7, 11) is 0. The second-order valence-electron chi connectivity index (χ2n) is 7.82. The minimum absolute atomic E-state index is 0.0965. The van der Waals surface area contributed by atoms with E-state index in [1.807, 2.05) is 5.32 Å². The van der Waals surface area contributed by atoms with Gasteiger partial charge in [0, 0.05) is 5.92 Å². The smallest absolute Gasteiger partial charge is 0.330 e. The van der Waals surface area contributed by atoms with Crippen LogP contribution in [-0.4, -0.2) is 27.5 Å². The number of amides is 2. The summed E-state index contributed by atoms with van der Waals surface area (Å²) in [6.07, 6.45) is -2.51. The van der Waals surface area contributed by atoms with Crippen LogP contribution in [0.2, 0.25) is 0 Å². The Hall–Kier alpha value is -3.44. The lowest BCUT2D eigenvalue weighted by molar-refractivity contribution is -0.201. The summed E-state index contributed by atoms with van der Waals surface area (Å²) in [4.78, 5) is 52.2. The highest BCUT2D eigenvalue weighted by Gasteiger charge is 2.68. The van der Waals surface area contributed by atoms with Crippen molar-refractivity contribution in [2.75, 3.05) is 5.32 Å². The molecule has 0 saturated heterocycles. The molecule has 1 aliphatic heterocycles. The van der Waals surface area contributed by atoms with Crippen LogP contribution in [0.15, 0.2) is 33.9 Å². The van der Waals surface area contributed by atoms with Crippen LogP contribution < -0.4 is 21.9 Å². The molecule has 2 amide bonds. The number of carbonyl (C=O) groups excluding carboxylic acids is 2. The Bertz CT molecular complexity index is 1200. The van der Waals surface area contributed by atoms with E-state index in [0.717, 1.165) is 30.7 Å². The average Bonchev–Trinajstić information content (AvgIpc) is 3.03. The van der Waals surface area contributed by atoms with Gasteiger partial charge in [0.05, 0.1) is 5.69 Å². The van der Waals surface area contributed by atoms with E-state index >= 15 is 0 Å². The molecule has 2 heterocycles. The SMILES string of the molecule is O=C(NC1(C(F)(F)F)C(=O)Nc2c1c(=O)[nH]c(=O)n2-c1ccc(F)cc1)C1CCCCC1. The van der Waals surface area contributed by atoms with Crippen LogP contribution in [0.25, 0.3) is 5.69 Å². The van der Waals surface area contributed by atoms with E-state index in [1.54, 1.807) is 10.3 Å². The molecular weight excluding hydrogens is 436 g/mol. The van der Waals surface area contributed by atoms with Gasteiger partial charge >= 0.3 is 11.9 Å². The van der Waals surface area contributed by atoms with E-state index in [9.17, 15) is 36.7 Å². The van der Waals surface area contributed by atoms with E-state index in [-0.39, 0.29) is 5.69 Å². The zero-order valence-electron chi connectivity index (χ0n) is 16.5. The number of hydrogen-bond donors (Lipinski definition) is 3. The van der Waals surface area contributed by atoms with Crippen LogP contribution in [-0.2, 0) is 15.1 Å². The lowest BCUT2D eigenvalue weighted by atomic mass is 9.86. The van der Waals surface area contributed by atoms with Crippen molar-refractivity contribution < 1.29 is 27.2 Å². The molecule has 32 heavy (non-hydrogen) atoms. The van der Waals surface area contributed by atoms with Crippen molar-refractivity contribution in [2.24, 2.45) is 5.92 Å². The third-order valence-electron chi connectivity index (χ3n) is 5.86. The van der Waals surface area contributed by atoms with Gasteiger partial charge in [-0.1, -0.05) is 19.3 Å². The number of H-pyrrole nitrogens is 1. The Morgan fingerprint density at radius 3 is 2.28 bits per heavy atom. The molecule has 2 aromatic rings. The summed E-state index contributed by atoms with van der Waals surface area (Å²) in [5, 5.41) is 3.73. The number of nitrogens with zero attached hydrogens (tertiary/aromatic N) is 1. The minimum Gasteiger partial charge on any atom is -0.330 e. The fourth-order valence-electron chi connectivity index (χ4n) is 4.27. The number of alkyl halides is 3. The van der Waals surface area contributed by atoms with Crippen molar-refractivity contribution in [3.63, 3.8) is 0 Å². The Labute approximate surface area is 177 Å². The second-order valence-corrected chi connectivity index (χ2v) is 7.82. The number of rotatable bonds is 3. The quantitative estimate of drug-likeness (QED) is 0.617. The number of nitrogens with one attached hydrogen (secondary N) is 3. The first-order chi connectivity index (χ1) is 15.1. The Balaban J connectivity index is 1.92. The van der Waals surface area contributed by atoms with Crippen molar-refractivity contribution in [2.45, 2.75) is 43.8 Å². The molecule has 8 nitrogen and oxygen atoms in total. The monoisotopic (exact) mass is 454 g/mol. The Morgan fingerprint density at radius 1 is 1.06 bits per heavy atom. The zero-order valence-corrected chi connectivity index (χ0v) is 16.5. The predicted octanol–water partition coefficient (Wildman–Crippen LogP) is 2.07. The number of hydrogen-bond acceptors (Lipinski definition) is 4. The highest BCUT2D eigenvalue weighted by atomic mass is 19.4. The summed E-state index contributed by atoms with van der Waals surface area (Å²) in [5.74, 6) is -4.85. The van der Waals surface area contributed by atoms with E-state index in [4.69, 9.17) is 0 Å². The van der Waals surface area contributed by atoms with Gasteiger partial charge in [0.1, 0.15) is 17.2 Å². The molecular formula is C20H18F4N4O4. The number of aromatic amines is 1. The van der Waals surface area contributed by atoms with E-state index in [2.05, 4.69) is 0 Å². The molecule has 3 N–H and O–H groups in total. The first kappa shape index (κ1) is 21.8. The van der Waals surface area contributed by atoms with Gasteiger partial charge in [-0.15, -0.1) is 0 Å². The van der Waals surface area contributed by atoms with Crippen LogP contribution in [0.4, 0.5) is 23.4 Å². The van der Waals surface area contributed by atoms with E-state index in [0.29, 0.717) is 30.3 Å². The van der Waals surface area contributed by atoms with Gasteiger partial charge < -0.3 is 10.6 Å². The molecule has 1 fully saturated rings. The fourth-order valence-corrected chi connectivity index (χ4v) is 4.27. The third kappa shape index (κ3) is 3.30. The van der Waals surface area contributed by atoms with Crippen LogP contribution in [0.1, 0.15) is 37.7 Å². The van der Waals surface area contributed by atoms with Gasteiger partial charge in [-0.2, -0.15) is 13.2 Å². The molecule has 1 unspecified atom stereocenters. The van der Waals surface area contributed by atoms with Crippen LogP contribution >= 0.6 is 0 Å². The van der Waals surface area contributed by atoms with Gasteiger partial charge in [-0.05, 0) is 37.1 Å². The number of anilines is 1. The molecule has 2 aliphatic rings. The largest absolute Gasteiger partial charge is 0.425 e. The van der Waals surface area contributed by atoms with E-state index < -0.39 is 57.9 Å². The van der Waals surface area contributed by atoms with E-state index in [1.165, 1.54) is 0 Å². The first-order valence-corrected chi connectivity index (χ1v) is 9.92. The van der Waals surface area contributed by atoms with Crippen molar-refractivity contribution in [3.05, 3.63) is 56.5 Å². The number of fused-ring (bicyclic) bond motifs is 1. The summed E-state index contributed by atoms with van der Waals surface area (Å²) < 4.78 is 57.0. The fraction of sp³-hybridized carbons (Fsp3) is 0.400. The van der Waals surface area contributed by atoms with Crippen molar-refractivity contribution >= 4 is 17.6 Å². The number of benzene rings is 1. The summed E-state index contributed by atoms with van der Waals surface area (Å²) in [5.41, 5.74) is -7.54. The predicted molar refractivity (Wildman–Crippen MR) is 104 cm³/mol. The molecule has 1 aromatic heterocycles. The molecule has 0 spiro atoms. The lowest BCUT2D eigenvalue weighted by Gasteiger charge is -2.32. The Kier molecular flexibility index (Phi) is 5.18. The zero-order chi connectivity index (χ0) is 23.3. The summed E-state index contributed by atoms with van der Waals surface area (Å²) in [6.45, 7) is 0. The maximum atomic E-state index is 14.4. The Morgan fingerprint density at radius 2 is 1.69 bits per heavy atom. The molecule has 4 rings (SSSR count). The minimum atomic E-state index is -5.40. The topological polar surface area (TPSA) is 113 Å². The molecule has 1 atom stereocenters. The maximum Gasteiger partial charge on any atom is 0.425 e. The number of carbonyl (C=O) groups is 2. The van der Waals surface area contributed by atoms with Gasteiger partial charge in [-0.3, -0.25) is 19.4 Å². The average molecular weight is 454 g/mol. The van der Waals surface area contributed by atoms with Crippen LogP contribution in [0.3, 0.4) is 0 Å². The van der Waals surface area contributed by atoms with Crippen molar-refractivity contribution in [3.8, 4) is 5.69 Å². The van der Waals surface area contributed by atoms with Gasteiger partial charge in [0.25, 0.3) is 11.5 Å². The molecule has 1 saturated carbocycles. The third-order valence-corrected chi connectivity index (χ3v) is 5.86. The van der Waals surface area contributed by atoms with Gasteiger partial charge in [-0.25, -0.2) is 13.8 Å². The van der Waals surface area contributed by atoms with Gasteiger partial charge in [0.15, 0.2) is 0 Å². The molecule has 1 aromatic carbocycles. The van der Waals surface area contributed by atoms with Crippen LogP contribution in [0.5, 0.6) is 0 Å². The second kappa shape index (κ2) is 7.61. The number of halogens is 4. The maximum absolute atomic E-state index is 14.4. The van der Waals surface area contributed by atoms with Crippen molar-refractivity contribution in [1.82, 2.24) is 14.9 Å². The summed E-state index contributed by atoms with van der Waals surface area (Å²) in [6, 6.07) is 4.10. The summed E-state index contributed by atoms with van der Waals surface area (Å²) >= 11 is 0. The standard InChI is InChI=1S/C20H18F4N4O4/c21-11-6-8-12(9-7-11)28-14-13(16(30)26-18(28)32)19(17(31)25-14,20(22,23)24)27-15(29)10-4-2-1-3-5-10/h6-10H,1-5H2,(H,25,31)(H,27,29)(H,26,30,32). The molecule has 1 aliphatic carbocycles. The van der Waals surface area contributed by atoms with Gasteiger partial charge in [0.2, 0.25) is 11.4 Å². The molecule has 0 radical (unpaired) electrons. The van der Waals surface area contributed by atoms with Crippen molar-refractivity contribution in [1.29, 1.82) is 0 Å². The first-order valence-electron chi connectivity index (χ1n) is 9.92.